The summed E-state index contributed by atoms with van der Waals surface area (Å²) >= 11 is 1.53. The van der Waals surface area contributed by atoms with Crippen molar-refractivity contribution in [2.24, 2.45) is 0 Å². The summed E-state index contributed by atoms with van der Waals surface area (Å²) in [5.41, 5.74) is 6.51. The van der Waals surface area contributed by atoms with E-state index >= 15 is 0 Å². The van der Waals surface area contributed by atoms with Crippen LogP contribution in [-0.4, -0.2) is 20.2 Å². The van der Waals surface area contributed by atoms with E-state index in [-0.39, 0.29) is 0 Å². The number of hydrogen-bond acceptors (Lipinski definition) is 5. The van der Waals surface area contributed by atoms with E-state index in [2.05, 4.69) is 20.2 Å². The van der Waals surface area contributed by atoms with E-state index in [0.29, 0.717) is 5.82 Å². The molecular formula is C9H11N5S. The molecule has 0 saturated heterocycles. The summed E-state index contributed by atoms with van der Waals surface area (Å²) in [6, 6.07) is 5.59. The fourth-order valence-electron chi connectivity index (χ4n) is 1.10. The molecule has 78 valence electrons. The van der Waals surface area contributed by atoms with Gasteiger partial charge in [0.1, 0.15) is 11.6 Å². The molecule has 0 unspecified atom stereocenters. The van der Waals surface area contributed by atoms with Crippen molar-refractivity contribution in [2.75, 3.05) is 5.73 Å². The first-order valence-corrected chi connectivity index (χ1v) is 5.46. The van der Waals surface area contributed by atoms with Crippen LogP contribution in [0.4, 0.5) is 5.82 Å². The third kappa shape index (κ3) is 2.69. The molecule has 0 aliphatic carbocycles. The third-order valence-electron chi connectivity index (χ3n) is 1.75. The summed E-state index contributed by atoms with van der Waals surface area (Å²) in [5, 5.41) is 7.54. The molecule has 0 fully saturated rings. The molecule has 0 radical (unpaired) electrons. The van der Waals surface area contributed by atoms with E-state index in [1.165, 1.54) is 11.8 Å². The molecular weight excluding hydrogens is 210 g/mol. The molecule has 15 heavy (non-hydrogen) atoms. The summed E-state index contributed by atoms with van der Waals surface area (Å²) in [4.78, 5) is 8.37. The van der Waals surface area contributed by atoms with Gasteiger partial charge in [-0.15, -0.1) is 5.10 Å². The minimum absolute atomic E-state index is 0.541. The van der Waals surface area contributed by atoms with Crippen molar-refractivity contribution >= 4 is 17.6 Å². The average molecular weight is 221 g/mol. The summed E-state index contributed by atoms with van der Waals surface area (Å²) in [6.45, 7) is 1.87. The molecule has 0 bridgehead atoms. The van der Waals surface area contributed by atoms with Crippen LogP contribution in [-0.2, 0) is 5.75 Å². The highest BCUT2D eigenvalue weighted by molar-refractivity contribution is 7.98. The van der Waals surface area contributed by atoms with Crippen molar-refractivity contribution in [3.05, 3.63) is 29.7 Å². The van der Waals surface area contributed by atoms with E-state index in [1.807, 2.05) is 19.1 Å². The SMILES string of the molecule is Cc1nc(SCc2cccc(N)n2)n[nH]1. The van der Waals surface area contributed by atoms with Gasteiger partial charge in [-0.3, -0.25) is 5.10 Å². The normalized spacial score (nSPS) is 10.5. The molecule has 0 saturated carbocycles. The molecule has 0 atom stereocenters. The number of aryl methyl sites for hydroxylation is 1. The molecule has 0 aromatic carbocycles. The van der Waals surface area contributed by atoms with Gasteiger partial charge in [-0.25, -0.2) is 9.97 Å². The lowest BCUT2D eigenvalue weighted by molar-refractivity contribution is 0.968. The second-order valence-electron chi connectivity index (χ2n) is 3.05. The predicted molar refractivity (Wildman–Crippen MR) is 59.3 cm³/mol. The lowest BCUT2D eigenvalue weighted by Crippen LogP contribution is -1.93. The number of hydrogen-bond donors (Lipinski definition) is 2. The highest BCUT2D eigenvalue weighted by Crippen LogP contribution is 2.17. The Kier molecular flexibility index (Phi) is 2.86. The van der Waals surface area contributed by atoms with Gasteiger partial charge in [-0.2, -0.15) is 0 Å². The maximum Gasteiger partial charge on any atom is 0.208 e. The third-order valence-corrected chi connectivity index (χ3v) is 2.64. The van der Waals surface area contributed by atoms with Gasteiger partial charge in [0.05, 0.1) is 5.69 Å². The number of H-pyrrole nitrogens is 1. The first-order valence-electron chi connectivity index (χ1n) is 4.47. The van der Waals surface area contributed by atoms with Crippen LogP contribution in [0.3, 0.4) is 0 Å². The van der Waals surface area contributed by atoms with Gasteiger partial charge in [0.25, 0.3) is 0 Å². The number of nitrogens with two attached hydrogens (primary N) is 1. The van der Waals surface area contributed by atoms with Gasteiger partial charge in [0.15, 0.2) is 0 Å². The molecule has 6 heteroatoms. The average Bonchev–Trinajstić information content (AvgIpc) is 2.62. The molecule has 2 aromatic heterocycles. The van der Waals surface area contributed by atoms with Crippen molar-refractivity contribution in [1.82, 2.24) is 20.2 Å². The molecule has 2 aromatic rings. The van der Waals surface area contributed by atoms with E-state index in [0.717, 1.165) is 22.4 Å². The van der Waals surface area contributed by atoms with Crippen LogP contribution in [0.25, 0.3) is 0 Å². The Balaban J connectivity index is 1.99. The lowest BCUT2D eigenvalue weighted by Gasteiger charge is -1.98. The van der Waals surface area contributed by atoms with Gasteiger partial charge in [0, 0.05) is 5.75 Å². The summed E-state index contributed by atoms with van der Waals surface area (Å²) < 4.78 is 0. The van der Waals surface area contributed by atoms with Crippen molar-refractivity contribution in [3.8, 4) is 0 Å². The molecule has 2 heterocycles. The predicted octanol–water partition coefficient (Wildman–Crippen LogP) is 1.38. The zero-order valence-electron chi connectivity index (χ0n) is 8.27. The minimum Gasteiger partial charge on any atom is -0.384 e. The molecule has 3 N–H and O–H groups in total. The van der Waals surface area contributed by atoms with Gasteiger partial charge >= 0.3 is 0 Å². The van der Waals surface area contributed by atoms with E-state index in [4.69, 9.17) is 5.73 Å². The van der Waals surface area contributed by atoms with Crippen molar-refractivity contribution in [2.45, 2.75) is 17.8 Å². The van der Waals surface area contributed by atoms with Crippen molar-refractivity contribution < 1.29 is 0 Å². The zero-order chi connectivity index (χ0) is 10.7. The monoisotopic (exact) mass is 221 g/mol. The summed E-state index contributed by atoms with van der Waals surface area (Å²) in [5.74, 6) is 2.08. The number of pyridine rings is 1. The molecule has 0 aliphatic heterocycles. The molecule has 5 nitrogen and oxygen atoms in total. The first kappa shape index (κ1) is 9.97. The highest BCUT2D eigenvalue weighted by atomic mass is 32.2. The number of nitrogens with zero attached hydrogens (tertiary/aromatic N) is 3. The number of thioether (sulfide) groups is 1. The number of aromatic nitrogens is 4. The fraction of sp³-hybridized carbons (Fsp3) is 0.222. The van der Waals surface area contributed by atoms with E-state index in [1.54, 1.807) is 6.07 Å². The van der Waals surface area contributed by atoms with Crippen molar-refractivity contribution in [3.63, 3.8) is 0 Å². The van der Waals surface area contributed by atoms with Crippen LogP contribution in [0, 0.1) is 6.92 Å². The highest BCUT2D eigenvalue weighted by Gasteiger charge is 2.02. The Hall–Kier alpha value is -1.56. The Bertz CT molecular complexity index is 453. The van der Waals surface area contributed by atoms with E-state index in [9.17, 15) is 0 Å². The number of nitrogen functional groups attached to an aromatic ring is 1. The van der Waals surface area contributed by atoms with Crippen LogP contribution < -0.4 is 5.73 Å². The molecule has 0 amide bonds. The van der Waals surface area contributed by atoms with Gasteiger partial charge in [0.2, 0.25) is 5.16 Å². The minimum atomic E-state index is 0.541. The lowest BCUT2D eigenvalue weighted by atomic mass is 10.4. The Morgan fingerprint density at radius 1 is 1.40 bits per heavy atom. The molecule has 0 aliphatic rings. The second kappa shape index (κ2) is 4.31. The summed E-state index contributed by atoms with van der Waals surface area (Å²) in [6.07, 6.45) is 0. The maximum atomic E-state index is 5.57. The Morgan fingerprint density at radius 2 is 2.27 bits per heavy atom. The van der Waals surface area contributed by atoms with Gasteiger partial charge in [-0.1, -0.05) is 17.8 Å². The number of anilines is 1. The summed E-state index contributed by atoms with van der Waals surface area (Å²) in [7, 11) is 0. The second-order valence-corrected chi connectivity index (χ2v) is 3.99. The number of nitrogens with one attached hydrogen (secondary N) is 1. The van der Waals surface area contributed by atoms with Gasteiger partial charge in [-0.05, 0) is 19.1 Å². The zero-order valence-corrected chi connectivity index (χ0v) is 9.08. The Labute approximate surface area is 91.5 Å². The standard InChI is InChI=1S/C9H11N5S/c1-6-11-9(14-13-6)15-5-7-3-2-4-8(10)12-7/h2-4H,5H2,1H3,(H2,10,12)(H,11,13,14). The molecule has 0 spiro atoms. The Morgan fingerprint density at radius 3 is 2.93 bits per heavy atom. The smallest absolute Gasteiger partial charge is 0.208 e. The fourth-order valence-corrected chi connectivity index (χ4v) is 1.85. The van der Waals surface area contributed by atoms with E-state index < -0.39 is 0 Å². The number of rotatable bonds is 3. The van der Waals surface area contributed by atoms with Crippen LogP contribution in [0.15, 0.2) is 23.4 Å². The largest absolute Gasteiger partial charge is 0.384 e. The van der Waals surface area contributed by atoms with Crippen LogP contribution in [0.2, 0.25) is 0 Å². The molecule has 2 rings (SSSR count). The van der Waals surface area contributed by atoms with Crippen LogP contribution >= 0.6 is 11.8 Å². The quantitative estimate of drug-likeness (QED) is 0.765. The maximum absolute atomic E-state index is 5.57. The van der Waals surface area contributed by atoms with Crippen LogP contribution in [0.1, 0.15) is 11.5 Å². The van der Waals surface area contributed by atoms with Crippen molar-refractivity contribution in [1.29, 1.82) is 0 Å². The van der Waals surface area contributed by atoms with Crippen LogP contribution in [0.5, 0.6) is 0 Å². The first-order chi connectivity index (χ1) is 7.24. The topological polar surface area (TPSA) is 80.5 Å². The van der Waals surface area contributed by atoms with Gasteiger partial charge < -0.3 is 5.73 Å². The number of aromatic amines is 1.